The molecule has 12 rings (SSSR count). The first-order valence-corrected chi connectivity index (χ1v) is 25.3. The molecule has 0 spiro atoms. The Hall–Kier alpha value is -7.78. The Morgan fingerprint density at radius 1 is 0.379 bits per heavy atom. The summed E-state index contributed by atoms with van der Waals surface area (Å²) in [7, 11) is -2.73. The van der Waals surface area contributed by atoms with E-state index in [1.165, 1.54) is 98.3 Å². The van der Waals surface area contributed by atoms with Crippen LogP contribution >= 0.6 is 0 Å². The van der Waals surface area contributed by atoms with Gasteiger partial charge in [-0.15, -0.1) is 0 Å². The van der Waals surface area contributed by atoms with Crippen LogP contribution in [-0.4, -0.2) is 12.6 Å². The van der Waals surface area contributed by atoms with Gasteiger partial charge in [0.2, 0.25) is 0 Å². The SMILES string of the molecule is CC1c2ccc(-c3ccc4c(c3)c3ccccc3n4-c3cccc([Si](c4ccccc4)(c4ccccc4)c4ccccc4)c3)cc2-c2ccccc2CC1c1ccc(-c2ccccc2)cc1. The van der Waals surface area contributed by atoms with Gasteiger partial charge in [-0.1, -0.05) is 225 Å². The maximum Gasteiger partial charge on any atom is 0.179 e. The van der Waals surface area contributed by atoms with Crippen LogP contribution in [-0.2, 0) is 6.42 Å². The van der Waals surface area contributed by atoms with Crippen molar-refractivity contribution in [2.24, 2.45) is 0 Å². The second-order valence-corrected chi connectivity index (χ2v) is 21.8. The molecule has 1 nitrogen and oxygen atoms in total. The lowest BCUT2D eigenvalue weighted by atomic mass is 9.79. The lowest BCUT2D eigenvalue weighted by molar-refractivity contribution is 0.579. The van der Waals surface area contributed by atoms with Gasteiger partial charge in [-0.2, -0.15) is 0 Å². The van der Waals surface area contributed by atoms with E-state index in [0.29, 0.717) is 11.8 Å². The fourth-order valence-corrected chi connectivity index (χ4v) is 16.1. The number of hydrogen-bond donors (Lipinski definition) is 0. The summed E-state index contributed by atoms with van der Waals surface area (Å²) in [4.78, 5) is 0. The van der Waals surface area contributed by atoms with Crippen LogP contribution in [0.1, 0.15) is 35.4 Å². The van der Waals surface area contributed by atoms with E-state index in [0.717, 1.165) is 6.42 Å². The first-order valence-electron chi connectivity index (χ1n) is 23.3. The minimum Gasteiger partial charge on any atom is -0.309 e. The molecule has 1 aromatic heterocycles. The summed E-state index contributed by atoms with van der Waals surface area (Å²) >= 11 is 0. The monoisotopic (exact) mass is 859 g/mol. The lowest BCUT2D eigenvalue weighted by Crippen LogP contribution is -2.74. The maximum atomic E-state index is 2.49. The van der Waals surface area contributed by atoms with Gasteiger partial charge in [-0.05, 0) is 125 Å². The van der Waals surface area contributed by atoms with Crippen LogP contribution in [0.5, 0.6) is 0 Å². The van der Waals surface area contributed by atoms with E-state index in [9.17, 15) is 0 Å². The highest BCUT2D eigenvalue weighted by Crippen LogP contribution is 2.47. The Kier molecular flexibility index (Phi) is 10.0. The second-order valence-electron chi connectivity index (χ2n) is 18.0. The third-order valence-electron chi connectivity index (χ3n) is 14.5. The van der Waals surface area contributed by atoms with E-state index < -0.39 is 8.07 Å². The molecular weight excluding hydrogens is 811 g/mol. The Morgan fingerprint density at radius 3 is 1.61 bits per heavy atom. The van der Waals surface area contributed by atoms with E-state index in [1.54, 1.807) is 0 Å². The third-order valence-corrected chi connectivity index (χ3v) is 19.3. The van der Waals surface area contributed by atoms with Gasteiger partial charge in [0, 0.05) is 16.5 Å². The van der Waals surface area contributed by atoms with Gasteiger partial charge in [0.25, 0.3) is 0 Å². The van der Waals surface area contributed by atoms with Crippen molar-refractivity contribution >= 4 is 50.6 Å². The molecule has 0 radical (unpaired) electrons. The zero-order valence-electron chi connectivity index (χ0n) is 37.1. The topological polar surface area (TPSA) is 4.93 Å². The van der Waals surface area contributed by atoms with Gasteiger partial charge >= 0.3 is 0 Å². The summed E-state index contributed by atoms with van der Waals surface area (Å²) in [6.45, 7) is 2.43. The zero-order chi connectivity index (χ0) is 44.0. The number of aromatic nitrogens is 1. The summed E-state index contributed by atoms with van der Waals surface area (Å²) in [5.74, 6) is 0.706. The largest absolute Gasteiger partial charge is 0.309 e. The van der Waals surface area contributed by atoms with Crippen LogP contribution in [0.25, 0.3) is 60.9 Å². The number of benzene rings is 10. The van der Waals surface area contributed by atoms with Crippen LogP contribution in [0.4, 0.5) is 0 Å². The molecule has 0 bridgehead atoms. The van der Waals surface area contributed by atoms with Crippen LogP contribution in [0.2, 0.25) is 0 Å². The molecule has 2 heteroatoms. The molecule has 0 saturated heterocycles. The Morgan fingerprint density at radius 2 is 0.909 bits per heavy atom. The summed E-state index contributed by atoms with van der Waals surface area (Å²) in [5, 5.41) is 7.99. The molecule has 0 aliphatic heterocycles. The summed E-state index contributed by atoms with van der Waals surface area (Å²) in [6, 6.07) is 95.5. The van der Waals surface area contributed by atoms with Gasteiger partial charge < -0.3 is 4.57 Å². The van der Waals surface area contributed by atoms with Gasteiger partial charge in [0.15, 0.2) is 8.07 Å². The molecule has 1 heterocycles. The van der Waals surface area contributed by atoms with Gasteiger partial charge in [-0.3, -0.25) is 0 Å². The van der Waals surface area contributed by atoms with Crippen molar-refractivity contribution in [2.45, 2.75) is 25.2 Å². The molecule has 66 heavy (non-hydrogen) atoms. The van der Waals surface area contributed by atoms with Crippen molar-refractivity contribution in [1.29, 1.82) is 0 Å². The fraction of sp³-hybridized carbons (Fsp3) is 0.0625. The van der Waals surface area contributed by atoms with Gasteiger partial charge in [-0.25, -0.2) is 0 Å². The third kappa shape index (κ3) is 6.68. The highest BCUT2D eigenvalue weighted by Gasteiger charge is 2.41. The molecule has 314 valence electrons. The molecule has 10 aromatic carbocycles. The Bertz CT molecular complexity index is 3400. The van der Waals surface area contributed by atoms with Crippen molar-refractivity contribution < 1.29 is 0 Å². The van der Waals surface area contributed by atoms with Gasteiger partial charge in [0.1, 0.15) is 0 Å². The molecule has 2 atom stereocenters. The minimum atomic E-state index is -2.73. The quantitative estimate of drug-likeness (QED) is 0.106. The van der Waals surface area contributed by atoms with Crippen LogP contribution in [0.3, 0.4) is 0 Å². The first kappa shape index (κ1) is 39.8. The van der Waals surface area contributed by atoms with Crippen molar-refractivity contribution in [2.75, 3.05) is 0 Å². The highest BCUT2D eigenvalue weighted by atomic mass is 28.3. The van der Waals surface area contributed by atoms with Crippen molar-refractivity contribution in [1.82, 2.24) is 4.57 Å². The average Bonchev–Trinajstić information content (AvgIpc) is 3.67. The molecule has 2 unspecified atom stereocenters. The first-order chi connectivity index (χ1) is 32.6. The predicted octanol–water partition coefficient (Wildman–Crippen LogP) is 13.6. The number of para-hydroxylation sites is 1. The molecule has 0 saturated carbocycles. The molecule has 0 fully saturated rings. The summed E-state index contributed by atoms with van der Waals surface area (Å²) in [6.07, 6.45) is 1.00. The van der Waals surface area contributed by atoms with Crippen LogP contribution < -0.4 is 20.7 Å². The molecule has 0 N–H and O–H groups in total. The summed E-state index contributed by atoms with van der Waals surface area (Å²) in [5.41, 5.74) is 15.5. The van der Waals surface area contributed by atoms with Gasteiger partial charge in [0.05, 0.1) is 11.0 Å². The van der Waals surface area contributed by atoms with Crippen LogP contribution in [0.15, 0.2) is 255 Å². The maximum absolute atomic E-state index is 2.73. The zero-order valence-corrected chi connectivity index (χ0v) is 38.1. The van der Waals surface area contributed by atoms with E-state index in [-0.39, 0.29) is 0 Å². The van der Waals surface area contributed by atoms with E-state index >= 15 is 0 Å². The predicted molar refractivity (Wildman–Crippen MR) is 282 cm³/mol. The fourth-order valence-electron chi connectivity index (χ4n) is 11.3. The van der Waals surface area contributed by atoms with Crippen LogP contribution in [0, 0.1) is 0 Å². The Balaban J connectivity index is 0.970. The number of nitrogens with zero attached hydrogens (tertiary/aromatic N) is 1. The standard InChI is InChI=1S/C64H49NSi/c1-45-57-39-37-49(41-61(57)58-30-15-14-21-51(58)43-60(45)48-35-33-47(34-36-48)46-19-6-2-7-20-46)50-38-40-64-62(42-50)59-31-16-17-32-63(59)65(64)52-22-18-29-56(44-52)66(53-23-8-3-9-24-53,54-25-10-4-11-26-54)55-27-12-5-13-28-55/h2-42,44-45,60H,43H2,1H3. The van der Waals surface area contributed by atoms with E-state index in [2.05, 4.69) is 266 Å². The molecule has 1 aliphatic rings. The molecular formula is C64H49NSi. The lowest BCUT2D eigenvalue weighted by Gasteiger charge is -2.34. The number of fused-ring (bicyclic) bond motifs is 6. The van der Waals surface area contributed by atoms with E-state index in [1.807, 2.05) is 0 Å². The minimum absolute atomic E-state index is 0.340. The molecule has 0 amide bonds. The normalized spacial score (nSPS) is 14.7. The van der Waals surface area contributed by atoms with E-state index in [4.69, 9.17) is 0 Å². The van der Waals surface area contributed by atoms with Crippen molar-refractivity contribution in [3.8, 4) is 39.1 Å². The Labute approximate surface area is 389 Å². The number of rotatable bonds is 8. The second kappa shape index (κ2) is 16.6. The number of hydrogen-bond acceptors (Lipinski definition) is 0. The molecule has 1 aliphatic carbocycles. The van der Waals surface area contributed by atoms with Crippen molar-refractivity contribution in [3.63, 3.8) is 0 Å². The van der Waals surface area contributed by atoms with Crippen molar-refractivity contribution in [3.05, 3.63) is 271 Å². The molecule has 11 aromatic rings. The smallest absolute Gasteiger partial charge is 0.179 e. The average molecular weight is 860 g/mol. The summed E-state index contributed by atoms with van der Waals surface area (Å²) < 4.78 is 2.49. The highest BCUT2D eigenvalue weighted by molar-refractivity contribution is 7.19.